The first kappa shape index (κ1) is 12.4. The summed E-state index contributed by atoms with van der Waals surface area (Å²) in [5.74, 6) is 0. The van der Waals surface area contributed by atoms with Crippen molar-refractivity contribution in [1.29, 1.82) is 0 Å². The van der Waals surface area contributed by atoms with Gasteiger partial charge in [0.1, 0.15) is 0 Å². The van der Waals surface area contributed by atoms with Crippen molar-refractivity contribution < 1.29 is 0 Å². The Morgan fingerprint density at radius 2 is 2.00 bits per heavy atom. The number of hydrogen-bond donors (Lipinski definition) is 1. The Balaban J connectivity index is 2.34. The van der Waals surface area contributed by atoms with E-state index in [0.717, 1.165) is 6.54 Å². The van der Waals surface area contributed by atoms with Crippen LogP contribution in [0.5, 0.6) is 0 Å². The van der Waals surface area contributed by atoms with Gasteiger partial charge in [-0.05, 0) is 52.3 Å². The van der Waals surface area contributed by atoms with E-state index in [0.29, 0.717) is 6.04 Å². The first-order valence-electron chi connectivity index (χ1n) is 6.58. The topological polar surface area (TPSA) is 15.3 Å². The fourth-order valence-corrected chi connectivity index (χ4v) is 3.08. The van der Waals surface area contributed by atoms with E-state index >= 15 is 0 Å². The van der Waals surface area contributed by atoms with Crippen LogP contribution in [0.25, 0.3) is 0 Å². The monoisotopic (exact) mass is 232 g/mol. The van der Waals surface area contributed by atoms with Crippen LogP contribution in [-0.2, 0) is 0 Å². The van der Waals surface area contributed by atoms with Gasteiger partial charge in [0.25, 0.3) is 0 Å². The average molecular weight is 232 g/mol. The molecule has 0 saturated carbocycles. The zero-order chi connectivity index (χ0) is 12.5. The molecule has 1 N–H and O–H groups in total. The molecule has 1 saturated heterocycles. The summed E-state index contributed by atoms with van der Waals surface area (Å²) < 4.78 is 0. The number of likely N-dealkylation sites (N-methyl/N-ethyl adjacent to an activating group) is 1. The number of benzene rings is 1. The molecule has 2 rings (SSSR count). The minimum absolute atomic E-state index is 0.180. The molecular weight excluding hydrogens is 208 g/mol. The van der Waals surface area contributed by atoms with Crippen LogP contribution in [0.15, 0.2) is 24.3 Å². The maximum absolute atomic E-state index is 3.47. The van der Waals surface area contributed by atoms with Gasteiger partial charge in [-0.1, -0.05) is 18.2 Å². The lowest BCUT2D eigenvalue weighted by Gasteiger charge is -2.50. The van der Waals surface area contributed by atoms with Gasteiger partial charge < -0.3 is 10.2 Å². The van der Waals surface area contributed by atoms with Crippen LogP contribution >= 0.6 is 0 Å². The van der Waals surface area contributed by atoms with Gasteiger partial charge in [0.2, 0.25) is 0 Å². The van der Waals surface area contributed by atoms with E-state index in [1.54, 1.807) is 0 Å². The number of aryl methyl sites for hydroxylation is 1. The van der Waals surface area contributed by atoms with Crippen molar-refractivity contribution in [2.24, 2.45) is 0 Å². The zero-order valence-electron chi connectivity index (χ0n) is 11.5. The van der Waals surface area contributed by atoms with Gasteiger partial charge in [-0.15, -0.1) is 0 Å². The van der Waals surface area contributed by atoms with Gasteiger partial charge in [0, 0.05) is 23.8 Å². The molecule has 2 nitrogen and oxygen atoms in total. The first-order valence-corrected chi connectivity index (χ1v) is 6.58. The molecule has 17 heavy (non-hydrogen) atoms. The van der Waals surface area contributed by atoms with E-state index in [4.69, 9.17) is 0 Å². The molecule has 2 heteroatoms. The van der Waals surface area contributed by atoms with Gasteiger partial charge in [-0.3, -0.25) is 0 Å². The zero-order valence-corrected chi connectivity index (χ0v) is 11.5. The highest BCUT2D eigenvalue weighted by Crippen LogP contribution is 2.34. The van der Waals surface area contributed by atoms with Gasteiger partial charge in [0.15, 0.2) is 0 Å². The molecule has 1 aromatic rings. The van der Waals surface area contributed by atoms with Crippen LogP contribution < -0.4 is 10.2 Å². The smallest absolute Gasteiger partial charge is 0.0498 e. The van der Waals surface area contributed by atoms with E-state index in [-0.39, 0.29) is 5.54 Å². The summed E-state index contributed by atoms with van der Waals surface area (Å²) in [6.45, 7) is 8.06. The number of piperidine rings is 1. The third-order valence-corrected chi connectivity index (χ3v) is 4.18. The van der Waals surface area contributed by atoms with Crippen molar-refractivity contribution >= 4 is 5.69 Å². The first-order chi connectivity index (χ1) is 8.07. The number of nitrogens with zero attached hydrogens (tertiary/aromatic N) is 1. The predicted octanol–water partition coefficient (Wildman–Crippen LogP) is 2.96. The lowest BCUT2D eigenvalue weighted by molar-refractivity contribution is 0.275. The normalized spacial score (nSPS) is 23.8. The SMILES string of the molecule is CNC1CCCN(c2ccccc2C)C1(C)C. The van der Waals surface area contributed by atoms with Crippen molar-refractivity contribution in [2.75, 3.05) is 18.5 Å². The van der Waals surface area contributed by atoms with E-state index < -0.39 is 0 Å². The molecule has 1 aliphatic heterocycles. The highest BCUT2D eigenvalue weighted by molar-refractivity contribution is 5.55. The molecule has 94 valence electrons. The van der Waals surface area contributed by atoms with Crippen LogP contribution in [0, 0.1) is 6.92 Å². The fourth-order valence-electron chi connectivity index (χ4n) is 3.08. The predicted molar refractivity (Wildman–Crippen MR) is 74.7 cm³/mol. The lowest BCUT2D eigenvalue weighted by atomic mass is 9.84. The Kier molecular flexibility index (Phi) is 3.43. The van der Waals surface area contributed by atoms with Crippen molar-refractivity contribution in [3.05, 3.63) is 29.8 Å². The number of hydrogen-bond acceptors (Lipinski definition) is 2. The minimum Gasteiger partial charge on any atom is -0.365 e. The Hall–Kier alpha value is -1.02. The molecular formula is C15H24N2. The summed E-state index contributed by atoms with van der Waals surface area (Å²) in [7, 11) is 2.08. The van der Waals surface area contributed by atoms with Crippen molar-refractivity contribution in [3.8, 4) is 0 Å². The second-order valence-corrected chi connectivity index (χ2v) is 5.58. The fraction of sp³-hybridized carbons (Fsp3) is 0.600. The molecule has 1 fully saturated rings. The summed E-state index contributed by atoms with van der Waals surface area (Å²) in [6, 6.07) is 9.27. The van der Waals surface area contributed by atoms with Gasteiger partial charge in [-0.25, -0.2) is 0 Å². The van der Waals surface area contributed by atoms with Crippen LogP contribution in [0.2, 0.25) is 0 Å². The third kappa shape index (κ3) is 2.19. The summed E-state index contributed by atoms with van der Waals surface area (Å²) >= 11 is 0. The van der Waals surface area contributed by atoms with Crippen molar-refractivity contribution in [2.45, 2.75) is 45.2 Å². The molecule has 0 bridgehead atoms. The molecule has 1 atom stereocenters. The standard InChI is InChI=1S/C15H24N2/c1-12-8-5-6-9-13(12)17-11-7-10-14(16-4)15(17,2)3/h5-6,8-9,14,16H,7,10-11H2,1-4H3. The van der Waals surface area contributed by atoms with Crippen molar-refractivity contribution in [3.63, 3.8) is 0 Å². The van der Waals surface area contributed by atoms with Gasteiger partial charge in [-0.2, -0.15) is 0 Å². The highest BCUT2D eigenvalue weighted by atomic mass is 15.2. The number of rotatable bonds is 2. The summed E-state index contributed by atoms with van der Waals surface area (Å²) in [5, 5.41) is 3.47. The highest BCUT2D eigenvalue weighted by Gasteiger charge is 2.38. The summed E-state index contributed by atoms with van der Waals surface area (Å²) in [4.78, 5) is 2.56. The van der Waals surface area contributed by atoms with E-state index in [2.05, 4.69) is 62.3 Å². The number of para-hydroxylation sites is 1. The Morgan fingerprint density at radius 1 is 1.29 bits per heavy atom. The van der Waals surface area contributed by atoms with Gasteiger partial charge >= 0.3 is 0 Å². The number of nitrogens with one attached hydrogen (secondary N) is 1. The molecule has 1 unspecified atom stereocenters. The average Bonchev–Trinajstić information content (AvgIpc) is 2.30. The molecule has 0 aliphatic carbocycles. The summed E-state index contributed by atoms with van der Waals surface area (Å²) in [6.07, 6.45) is 2.54. The quantitative estimate of drug-likeness (QED) is 0.843. The van der Waals surface area contributed by atoms with E-state index in [1.807, 2.05) is 0 Å². The van der Waals surface area contributed by atoms with Gasteiger partial charge in [0.05, 0.1) is 0 Å². The van der Waals surface area contributed by atoms with Crippen LogP contribution in [0.1, 0.15) is 32.3 Å². The van der Waals surface area contributed by atoms with Crippen LogP contribution in [0.4, 0.5) is 5.69 Å². The molecule has 1 heterocycles. The Bertz CT molecular complexity index is 384. The van der Waals surface area contributed by atoms with E-state index in [9.17, 15) is 0 Å². The van der Waals surface area contributed by atoms with Crippen LogP contribution in [0.3, 0.4) is 0 Å². The lowest BCUT2D eigenvalue weighted by Crippen LogP contribution is -2.60. The number of anilines is 1. The maximum Gasteiger partial charge on any atom is 0.0498 e. The van der Waals surface area contributed by atoms with Crippen molar-refractivity contribution in [1.82, 2.24) is 5.32 Å². The summed E-state index contributed by atoms with van der Waals surface area (Å²) in [5.41, 5.74) is 2.94. The Morgan fingerprint density at radius 3 is 2.65 bits per heavy atom. The maximum atomic E-state index is 3.47. The minimum atomic E-state index is 0.180. The van der Waals surface area contributed by atoms with E-state index in [1.165, 1.54) is 24.1 Å². The molecule has 0 radical (unpaired) electrons. The Labute approximate surface area is 105 Å². The van der Waals surface area contributed by atoms with Crippen LogP contribution in [-0.4, -0.2) is 25.2 Å². The molecule has 0 amide bonds. The second kappa shape index (κ2) is 4.69. The molecule has 0 aromatic heterocycles. The third-order valence-electron chi connectivity index (χ3n) is 4.18. The molecule has 0 spiro atoms. The largest absolute Gasteiger partial charge is 0.365 e. The molecule has 1 aliphatic rings. The molecule has 1 aromatic carbocycles. The second-order valence-electron chi connectivity index (χ2n) is 5.58.